The smallest absolute Gasteiger partial charge is 0.255 e. The summed E-state index contributed by atoms with van der Waals surface area (Å²) in [7, 11) is -3.43. The summed E-state index contributed by atoms with van der Waals surface area (Å²) < 4.78 is 40.0. The number of halogens is 1. The van der Waals surface area contributed by atoms with Gasteiger partial charge in [0.1, 0.15) is 5.82 Å². The minimum Gasteiger partial charge on any atom is -0.322 e. The molecule has 0 bridgehead atoms. The lowest BCUT2D eigenvalue weighted by Crippen LogP contribution is -2.27. The van der Waals surface area contributed by atoms with Crippen LogP contribution in [0.1, 0.15) is 23.2 Å². The lowest BCUT2D eigenvalue weighted by molar-refractivity contribution is 0.102. The van der Waals surface area contributed by atoms with E-state index in [0.29, 0.717) is 29.2 Å². The van der Waals surface area contributed by atoms with Crippen LogP contribution in [0.3, 0.4) is 0 Å². The van der Waals surface area contributed by atoms with E-state index in [1.165, 1.54) is 22.5 Å². The first-order valence-electron chi connectivity index (χ1n) is 9.71. The molecule has 1 aliphatic heterocycles. The topological polar surface area (TPSA) is 66.5 Å². The van der Waals surface area contributed by atoms with E-state index in [1.54, 1.807) is 54.6 Å². The zero-order chi connectivity index (χ0) is 21.1. The molecular weight excluding hydrogens is 403 g/mol. The molecule has 0 aromatic heterocycles. The molecule has 0 aliphatic carbocycles. The normalized spacial score (nSPS) is 14.6. The third kappa shape index (κ3) is 4.27. The molecule has 1 aliphatic rings. The number of anilines is 1. The Morgan fingerprint density at radius 2 is 1.47 bits per heavy atom. The van der Waals surface area contributed by atoms with Gasteiger partial charge >= 0.3 is 0 Å². The molecular formula is C23H21FN2O3S. The van der Waals surface area contributed by atoms with Gasteiger partial charge in [-0.05, 0) is 66.4 Å². The predicted molar refractivity (Wildman–Crippen MR) is 114 cm³/mol. The number of carbonyl (C=O) groups excluding carboxylic acids is 1. The summed E-state index contributed by atoms with van der Waals surface area (Å²) in [6, 6.07) is 19.4. The van der Waals surface area contributed by atoms with E-state index in [9.17, 15) is 17.6 Å². The summed E-state index contributed by atoms with van der Waals surface area (Å²) in [6.45, 7) is 1.15. The average Bonchev–Trinajstić information content (AvgIpc) is 3.30. The number of carbonyl (C=O) groups is 1. The highest BCUT2D eigenvalue weighted by Crippen LogP contribution is 2.25. The number of sulfonamides is 1. The molecule has 154 valence electrons. The van der Waals surface area contributed by atoms with Crippen LogP contribution in [0.5, 0.6) is 0 Å². The quantitative estimate of drug-likeness (QED) is 0.654. The molecule has 7 heteroatoms. The summed E-state index contributed by atoms with van der Waals surface area (Å²) >= 11 is 0. The fourth-order valence-corrected chi connectivity index (χ4v) is 5.00. The Hall–Kier alpha value is -3.03. The second-order valence-corrected chi connectivity index (χ2v) is 9.12. The Bertz CT molecular complexity index is 1150. The highest BCUT2D eigenvalue weighted by molar-refractivity contribution is 7.89. The van der Waals surface area contributed by atoms with E-state index in [-0.39, 0.29) is 5.91 Å². The molecule has 1 amide bonds. The van der Waals surface area contributed by atoms with Crippen LogP contribution in [-0.4, -0.2) is 31.7 Å². The van der Waals surface area contributed by atoms with Gasteiger partial charge in [0, 0.05) is 24.3 Å². The summed E-state index contributed by atoms with van der Waals surface area (Å²) in [5, 5.41) is 2.66. The molecule has 1 saturated heterocycles. The van der Waals surface area contributed by atoms with Crippen molar-refractivity contribution >= 4 is 21.6 Å². The molecule has 1 heterocycles. The third-order valence-electron chi connectivity index (χ3n) is 5.12. The fraction of sp³-hybridized carbons (Fsp3) is 0.174. The summed E-state index contributed by atoms with van der Waals surface area (Å²) in [6.07, 6.45) is 1.80. The average molecular weight is 424 g/mol. The molecule has 0 atom stereocenters. The standard InChI is InChI=1S/C23H21FN2O3S/c24-20-4-3-5-21(16-20)25-23(27)19-8-6-17(7-9-19)18-10-12-22(13-11-18)30(28,29)26-14-1-2-15-26/h3-13,16H,1-2,14-15H2,(H,25,27). The highest BCUT2D eigenvalue weighted by atomic mass is 32.2. The molecule has 0 unspecified atom stereocenters. The molecule has 4 rings (SSSR count). The molecule has 3 aromatic carbocycles. The number of nitrogens with one attached hydrogen (secondary N) is 1. The van der Waals surface area contributed by atoms with E-state index in [0.717, 1.165) is 24.0 Å². The van der Waals surface area contributed by atoms with E-state index in [4.69, 9.17) is 0 Å². The first kappa shape index (κ1) is 20.3. The Morgan fingerprint density at radius 1 is 0.867 bits per heavy atom. The van der Waals surface area contributed by atoms with Crippen LogP contribution in [-0.2, 0) is 10.0 Å². The number of nitrogens with zero attached hydrogens (tertiary/aromatic N) is 1. The van der Waals surface area contributed by atoms with Gasteiger partial charge in [-0.15, -0.1) is 0 Å². The summed E-state index contributed by atoms with van der Waals surface area (Å²) in [4.78, 5) is 12.6. The summed E-state index contributed by atoms with van der Waals surface area (Å²) in [5.74, 6) is -0.752. The fourth-order valence-electron chi connectivity index (χ4n) is 3.48. The first-order chi connectivity index (χ1) is 14.4. The highest BCUT2D eigenvalue weighted by Gasteiger charge is 2.26. The molecule has 0 radical (unpaired) electrons. The zero-order valence-electron chi connectivity index (χ0n) is 16.2. The second-order valence-electron chi connectivity index (χ2n) is 7.18. The lowest BCUT2D eigenvalue weighted by Gasteiger charge is -2.15. The monoisotopic (exact) mass is 424 g/mol. The van der Waals surface area contributed by atoms with Crippen molar-refractivity contribution in [2.24, 2.45) is 0 Å². The number of amides is 1. The van der Waals surface area contributed by atoms with Crippen molar-refractivity contribution in [1.29, 1.82) is 0 Å². The van der Waals surface area contributed by atoms with E-state index < -0.39 is 15.8 Å². The van der Waals surface area contributed by atoms with Gasteiger partial charge in [0.15, 0.2) is 0 Å². The van der Waals surface area contributed by atoms with Gasteiger partial charge in [-0.1, -0.05) is 30.3 Å². The zero-order valence-corrected chi connectivity index (χ0v) is 17.0. The Kier molecular flexibility index (Phi) is 5.65. The number of benzene rings is 3. The maximum Gasteiger partial charge on any atom is 0.255 e. The number of hydrogen-bond acceptors (Lipinski definition) is 3. The van der Waals surface area contributed by atoms with E-state index in [1.807, 2.05) is 0 Å². The van der Waals surface area contributed by atoms with Gasteiger partial charge < -0.3 is 5.32 Å². The molecule has 1 N–H and O–H groups in total. The van der Waals surface area contributed by atoms with Crippen LogP contribution in [0.4, 0.5) is 10.1 Å². The molecule has 1 fully saturated rings. The molecule has 30 heavy (non-hydrogen) atoms. The maximum atomic E-state index is 13.3. The third-order valence-corrected chi connectivity index (χ3v) is 7.03. The SMILES string of the molecule is O=C(Nc1cccc(F)c1)c1ccc(-c2ccc(S(=O)(=O)N3CCCC3)cc2)cc1. The minimum atomic E-state index is -3.43. The predicted octanol–water partition coefficient (Wildman–Crippen LogP) is 4.53. The molecule has 5 nitrogen and oxygen atoms in total. The van der Waals surface area contributed by atoms with Gasteiger partial charge in [0.2, 0.25) is 10.0 Å². The van der Waals surface area contributed by atoms with Gasteiger partial charge in [0.25, 0.3) is 5.91 Å². The molecule has 0 saturated carbocycles. The van der Waals surface area contributed by atoms with Crippen molar-refractivity contribution in [3.8, 4) is 11.1 Å². The lowest BCUT2D eigenvalue weighted by atomic mass is 10.0. The minimum absolute atomic E-state index is 0.291. The van der Waals surface area contributed by atoms with Gasteiger partial charge in [0.05, 0.1) is 4.90 Å². The van der Waals surface area contributed by atoms with Crippen LogP contribution in [0.25, 0.3) is 11.1 Å². The van der Waals surface area contributed by atoms with E-state index in [2.05, 4.69) is 5.32 Å². The largest absolute Gasteiger partial charge is 0.322 e. The van der Waals surface area contributed by atoms with Crippen LogP contribution in [0, 0.1) is 5.82 Å². The second kappa shape index (κ2) is 8.38. The van der Waals surface area contributed by atoms with Crippen molar-refractivity contribution < 1.29 is 17.6 Å². The van der Waals surface area contributed by atoms with Crippen molar-refractivity contribution in [2.75, 3.05) is 18.4 Å². The van der Waals surface area contributed by atoms with Crippen LogP contribution in [0.15, 0.2) is 77.7 Å². The van der Waals surface area contributed by atoms with Gasteiger partial charge in [-0.3, -0.25) is 4.79 Å². The number of hydrogen-bond donors (Lipinski definition) is 1. The first-order valence-corrected chi connectivity index (χ1v) is 11.1. The Labute approximate surface area is 175 Å². The Morgan fingerprint density at radius 3 is 2.07 bits per heavy atom. The van der Waals surface area contributed by atoms with Gasteiger partial charge in [-0.2, -0.15) is 4.31 Å². The molecule has 3 aromatic rings. The van der Waals surface area contributed by atoms with Crippen molar-refractivity contribution in [1.82, 2.24) is 4.31 Å². The van der Waals surface area contributed by atoms with Crippen LogP contribution < -0.4 is 5.32 Å². The Balaban J connectivity index is 1.48. The molecule has 0 spiro atoms. The van der Waals surface area contributed by atoms with Crippen LogP contribution >= 0.6 is 0 Å². The van der Waals surface area contributed by atoms with Gasteiger partial charge in [-0.25, -0.2) is 12.8 Å². The summed E-state index contributed by atoms with van der Waals surface area (Å²) in [5.41, 5.74) is 2.55. The van der Waals surface area contributed by atoms with E-state index >= 15 is 0 Å². The van der Waals surface area contributed by atoms with Crippen molar-refractivity contribution in [3.05, 3.63) is 84.2 Å². The van der Waals surface area contributed by atoms with Crippen molar-refractivity contribution in [3.63, 3.8) is 0 Å². The maximum absolute atomic E-state index is 13.3. The van der Waals surface area contributed by atoms with Crippen molar-refractivity contribution in [2.45, 2.75) is 17.7 Å². The number of rotatable bonds is 5. The van der Waals surface area contributed by atoms with Crippen LogP contribution in [0.2, 0.25) is 0 Å².